The zero-order chi connectivity index (χ0) is 18.1. The molecule has 0 aromatic heterocycles. The smallest absolute Gasteiger partial charge is 0.261 e. The Morgan fingerprint density at radius 3 is 1.84 bits per heavy atom. The third-order valence-corrected chi connectivity index (χ3v) is 10.5. The van der Waals surface area contributed by atoms with Gasteiger partial charge in [0.1, 0.15) is 0 Å². The summed E-state index contributed by atoms with van der Waals surface area (Å²) in [6, 6.07) is 21.5. The Balaban J connectivity index is 2.00. The second-order valence-corrected chi connectivity index (χ2v) is 12.7. The molecule has 2 aromatic rings. The zero-order valence-electron chi connectivity index (χ0n) is 15.8. The SMILES string of the molecule is CC(O)[C@H]1C[C@@H]1CO[Si](c1ccccc1)(c1ccccc1)C(C)(C)C. The summed E-state index contributed by atoms with van der Waals surface area (Å²) < 4.78 is 6.90. The highest BCUT2D eigenvalue weighted by Crippen LogP contribution is 2.44. The van der Waals surface area contributed by atoms with Crippen LogP contribution in [-0.2, 0) is 4.43 Å². The van der Waals surface area contributed by atoms with Crippen molar-refractivity contribution < 1.29 is 9.53 Å². The van der Waals surface area contributed by atoms with Gasteiger partial charge in [0.25, 0.3) is 8.32 Å². The van der Waals surface area contributed by atoms with E-state index in [-0.39, 0.29) is 11.1 Å². The average Bonchev–Trinajstić information content (AvgIpc) is 3.36. The first-order chi connectivity index (χ1) is 11.9. The van der Waals surface area contributed by atoms with Crippen LogP contribution in [0.2, 0.25) is 5.04 Å². The summed E-state index contributed by atoms with van der Waals surface area (Å²) in [6.45, 7) is 9.55. The molecule has 0 amide bonds. The van der Waals surface area contributed by atoms with Crippen molar-refractivity contribution in [1.29, 1.82) is 0 Å². The molecule has 2 aromatic carbocycles. The highest BCUT2D eigenvalue weighted by Gasteiger charge is 2.52. The van der Waals surface area contributed by atoms with Crippen LogP contribution in [0.5, 0.6) is 0 Å². The summed E-state index contributed by atoms with van der Waals surface area (Å²) in [5, 5.41) is 12.5. The van der Waals surface area contributed by atoms with Gasteiger partial charge in [0, 0.05) is 6.61 Å². The van der Waals surface area contributed by atoms with Gasteiger partial charge < -0.3 is 9.53 Å². The maximum Gasteiger partial charge on any atom is 0.261 e. The van der Waals surface area contributed by atoms with E-state index in [1.165, 1.54) is 10.4 Å². The maximum atomic E-state index is 9.84. The minimum Gasteiger partial charge on any atom is -0.407 e. The molecule has 0 bridgehead atoms. The van der Waals surface area contributed by atoms with Crippen LogP contribution in [0.15, 0.2) is 60.7 Å². The topological polar surface area (TPSA) is 29.5 Å². The van der Waals surface area contributed by atoms with E-state index in [1.807, 2.05) is 6.92 Å². The summed E-state index contributed by atoms with van der Waals surface area (Å²) in [5.74, 6) is 0.889. The molecule has 3 atom stereocenters. The van der Waals surface area contributed by atoms with E-state index in [9.17, 15) is 5.11 Å². The number of aliphatic hydroxyl groups is 1. The summed E-state index contributed by atoms with van der Waals surface area (Å²) in [6.07, 6.45) is 0.850. The number of hydrogen-bond acceptors (Lipinski definition) is 2. The van der Waals surface area contributed by atoms with Crippen molar-refractivity contribution in [3.05, 3.63) is 60.7 Å². The van der Waals surface area contributed by atoms with Gasteiger partial charge in [-0.15, -0.1) is 0 Å². The van der Waals surface area contributed by atoms with Crippen molar-refractivity contribution in [2.45, 2.75) is 45.3 Å². The van der Waals surface area contributed by atoms with Gasteiger partial charge in [-0.1, -0.05) is 81.4 Å². The van der Waals surface area contributed by atoms with E-state index in [0.717, 1.165) is 13.0 Å². The Hall–Kier alpha value is -1.42. The van der Waals surface area contributed by atoms with E-state index >= 15 is 0 Å². The fourth-order valence-electron chi connectivity index (χ4n) is 4.05. The van der Waals surface area contributed by atoms with Crippen LogP contribution >= 0.6 is 0 Å². The van der Waals surface area contributed by atoms with Crippen molar-refractivity contribution in [2.75, 3.05) is 6.61 Å². The Labute approximate surface area is 153 Å². The summed E-state index contributed by atoms with van der Waals surface area (Å²) in [4.78, 5) is 0. The van der Waals surface area contributed by atoms with Gasteiger partial charge in [0.15, 0.2) is 0 Å². The second kappa shape index (κ2) is 7.06. The maximum absolute atomic E-state index is 9.84. The normalized spacial score (nSPS) is 21.8. The molecule has 25 heavy (non-hydrogen) atoms. The minimum atomic E-state index is -2.42. The van der Waals surface area contributed by atoms with E-state index in [0.29, 0.717) is 11.8 Å². The van der Waals surface area contributed by atoms with Crippen LogP contribution in [0.1, 0.15) is 34.1 Å². The Kier molecular flexibility index (Phi) is 5.19. The third kappa shape index (κ3) is 3.59. The number of hydrogen-bond donors (Lipinski definition) is 1. The van der Waals surface area contributed by atoms with Gasteiger partial charge in [-0.2, -0.15) is 0 Å². The van der Waals surface area contributed by atoms with E-state index in [1.54, 1.807) is 0 Å². The first kappa shape index (κ1) is 18.4. The summed E-state index contributed by atoms with van der Waals surface area (Å²) >= 11 is 0. The van der Waals surface area contributed by atoms with Crippen LogP contribution in [0.3, 0.4) is 0 Å². The second-order valence-electron chi connectivity index (χ2n) is 8.37. The quantitative estimate of drug-likeness (QED) is 0.804. The zero-order valence-corrected chi connectivity index (χ0v) is 16.8. The van der Waals surface area contributed by atoms with E-state index in [4.69, 9.17) is 4.43 Å². The fraction of sp³-hybridized carbons (Fsp3) is 0.455. The first-order valence-electron chi connectivity index (χ1n) is 9.29. The van der Waals surface area contributed by atoms with Gasteiger partial charge in [-0.25, -0.2) is 0 Å². The average molecular weight is 355 g/mol. The van der Waals surface area contributed by atoms with Crippen LogP contribution in [0.25, 0.3) is 0 Å². The van der Waals surface area contributed by atoms with Crippen LogP contribution < -0.4 is 10.4 Å². The largest absolute Gasteiger partial charge is 0.407 e. The highest BCUT2D eigenvalue weighted by molar-refractivity contribution is 6.99. The Bertz CT molecular complexity index is 637. The molecular formula is C22H30O2Si. The van der Waals surface area contributed by atoms with E-state index in [2.05, 4.69) is 81.4 Å². The lowest BCUT2D eigenvalue weighted by atomic mass is 10.2. The monoisotopic (exact) mass is 354 g/mol. The lowest BCUT2D eigenvalue weighted by Crippen LogP contribution is -2.66. The standard InChI is InChI=1S/C22H30O2Si/c1-17(23)21-15-18(21)16-24-25(22(2,3)4,19-11-7-5-8-12-19)20-13-9-6-10-14-20/h5-14,17-18,21,23H,15-16H2,1-4H3/t17?,18-,21-/m1/s1. The molecule has 1 N–H and O–H groups in total. The van der Waals surface area contributed by atoms with Crippen LogP contribution in [0, 0.1) is 11.8 Å². The number of aliphatic hydroxyl groups excluding tert-OH is 1. The molecule has 134 valence electrons. The van der Waals surface area contributed by atoms with E-state index < -0.39 is 8.32 Å². The molecule has 0 aliphatic heterocycles. The molecule has 1 aliphatic carbocycles. The lowest BCUT2D eigenvalue weighted by molar-refractivity contribution is 0.155. The van der Waals surface area contributed by atoms with Gasteiger partial charge in [0.05, 0.1) is 6.10 Å². The predicted molar refractivity (Wildman–Crippen MR) is 107 cm³/mol. The molecule has 1 fully saturated rings. The number of rotatable bonds is 6. The predicted octanol–water partition coefficient (Wildman–Crippen LogP) is 3.58. The molecule has 1 saturated carbocycles. The molecular weight excluding hydrogens is 324 g/mol. The van der Waals surface area contributed by atoms with Crippen molar-refractivity contribution in [3.8, 4) is 0 Å². The van der Waals surface area contributed by atoms with Gasteiger partial charge in [-0.05, 0) is 40.6 Å². The Morgan fingerprint density at radius 2 is 1.48 bits per heavy atom. The molecule has 0 saturated heterocycles. The van der Waals surface area contributed by atoms with Crippen LogP contribution in [-0.4, -0.2) is 26.1 Å². The molecule has 3 rings (SSSR count). The van der Waals surface area contributed by atoms with Crippen molar-refractivity contribution in [1.82, 2.24) is 0 Å². The van der Waals surface area contributed by atoms with Crippen LogP contribution in [0.4, 0.5) is 0 Å². The summed E-state index contributed by atoms with van der Waals surface area (Å²) in [7, 11) is -2.42. The molecule has 0 radical (unpaired) electrons. The van der Waals surface area contributed by atoms with Gasteiger partial charge >= 0.3 is 0 Å². The molecule has 2 nitrogen and oxygen atoms in total. The van der Waals surface area contributed by atoms with Gasteiger partial charge in [0.2, 0.25) is 0 Å². The van der Waals surface area contributed by atoms with Crippen molar-refractivity contribution in [2.24, 2.45) is 11.8 Å². The molecule has 1 aliphatic rings. The minimum absolute atomic E-state index is 0.0188. The first-order valence-corrected chi connectivity index (χ1v) is 11.2. The molecule has 1 unspecified atom stereocenters. The highest BCUT2D eigenvalue weighted by atomic mass is 28.4. The Morgan fingerprint density at radius 1 is 1.00 bits per heavy atom. The molecule has 0 spiro atoms. The van der Waals surface area contributed by atoms with Crippen molar-refractivity contribution in [3.63, 3.8) is 0 Å². The number of benzene rings is 2. The third-order valence-electron chi connectivity index (χ3n) is 5.53. The van der Waals surface area contributed by atoms with Crippen molar-refractivity contribution >= 4 is 18.7 Å². The summed E-state index contributed by atoms with van der Waals surface area (Å²) in [5.41, 5.74) is 0. The lowest BCUT2D eigenvalue weighted by Gasteiger charge is -2.43. The fourth-order valence-corrected chi connectivity index (χ4v) is 8.67. The van der Waals surface area contributed by atoms with Gasteiger partial charge in [-0.3, -0.25) is 0 Å². The molecule has 0 heterocycles. The molecule has 3 heteroatoms.